The molecule has 0 aliphatic heterocycles. The number of nitrogens with zero attached hydrogens (tertiary/aromatic N) is 1. The number of anilines is 2. The van der Waals surface area contributed by atoms with Gasteiger partial charge in [0, 0.05) is 6.04 Å². The molecule has 11 heteroatoms. The molecule has 0 aromatic heterocycles. The smallest absolute Gasteiger partial charge is 0.248 e. The zero-order valence-electron chi connectivity index (χ0n) is 18.0. The molecule has 0 aliphatic carbocycles. The maximum absolute atomic E-state index is 12.9. The summed E-state index contributed by atoms with van der Waals surface area (Å²) in [5.74, 6) is -0.423. The highest BCUT2D eigenvalue weighted by Gasteiger charge is 2.30. The fourth-order valence-electron chi connectivity index (χ4n) is 2.95. The van der Waals surface area contributed by atoms with Gasteiger partial charge in [-0.1, -0.05) is 18.2 Å². The molecule has 2 aromatic carbocycles. The Hall–Kier alpha value is -2.63. The van der Waals surface area contributed by atoms with Crippen LogP contribution in [0.25, 0.3) is 0 Å². The summed E-state index contributed by atoms with van der Waals surface area (Å²) >= 11 is 0. The van der Waals surface area contributed by atoms with Gasteiger partial charge in [0.15, 0.2) is 0 Å². The van der Waals surface area contributed by atoms with E-state index < -0.39 is 32.0 Å². The summed E-state index contributed by atoms with van der Waals surface area (Å²) in [6.07, 6.45) is 1.01. The predicted molar refractivity (Wildman–Crippen MR) is 120 cm³/mol. The molecule has 0 unspecified atom stereocenters. The molecule has 2 rings (SSSR count). The van der Waals surface area contributed by atoms with Gasteiger partial charge in [0.1, 0.15) is 11.8 Å². The largest absolute Gasteiger partial charge is 0.495 e. The molecule has 2 aromatic rings. The molecule has 170 valence electrons. The lowest BCUT2D eigenvalue weighted by molar-refractivity contribution is -0.116. The summed E-state index contributed by atoms with van der Waals surface area (Å²) in [6, 6.07) is 10.8. The van der Waals surface area contributed by atoms with Crippen LogP contribution in [-0.4, -0.2) is 48.2 Å². The summed E-state index contributed by atoms with van der Waals surface area (Å²) in [4.78, 5) is 12.9. The SMILES string of the molecule is COc1ccc(S(=O)(=O)NC(C)C)cc1NC(=O)[C@@H](C)N(c1ccccc1)S(C)(=O)=O. The van der Waals surface area contributed by atoms with E-state index in [0.717, 1.165) is 10.6 Å². The van der Waals surface area contributed by atoms with Gasteiger partial charge < -0.3 is 10.1 Å². The number of carbonyl (C=O) groups excluding carboxylic acids is 1. The Labute approximate surface area is 183 Å². The quantitative estimate of drug-likeness (QED) is 0.580. The molecule has 0 radical (unpaired) electrons. The number of rotatable bonds is 9. The first-order valence-corrected chi connectivity index (χ1v) is 12.8. The molecule has 0 bridgehead atoms. The molecule has 0 heterocycles. The topological polar surface area (TPSA) is 122 Å². The summed E-state index contributed by atoms with van der Waals surface area (Å²) < 4.78 is 58.4. The second kappa shape index (κ2) is 9.67. The third-order valence-electron chi connectivity index (χ3n) is 4.23. The summed E-state index contributed by atoms with van der Waals surface area (Å²) in [5.41, 5.74) is 0.435. The van der Waals surface area contributed by atoms with Crippen molar-refractivity contribution in [2.75, 3.05) is 23.0 Å². The fourth-order valence-corrected chi connectivity index (χ4v) is 5.40. The van der Waals surface area contributed by atoms with Crippen LogP contribution in [-0.2, 0) is 24.8 Å². The molecule has 0 fully saturated rings. The monoisotopic (exact) mass is 469 g/mol. The van der Waals surface area contributed by atoms with E-state index in [9.17, 15) is 21.6 Å². The van der Waals surface area contributed by atoms with Crippen LogP contribution in [0.2, 0.25) is 0 Å². The number of carbonyl (C=O) groups is 1. The average molecular weight is 470 g/mol. The second-order valence-electron chi connectivity index (χ2n) is 7.20. The predicted octanol–water partition coefficient (Wildman–Crippen LogP) is 2.18. The summed E-state index contributed by atoms with van der Waals surface area (Å²) in [6.45, 7) is 4.82. The Morgan fingerprint density at radius 1 is 1.00 bits per heavy atom. The van der Waals surface area contributed by atoms with Crippen molar-refractivity contribution in [3.8, 4) is 5.75 Å². The third-order valence-corrected chi connectivity index (χ3v) is 7.13. The van der Waals surface area contributed by atoms with Crippen LogP contribution in [0.1, 0.15) is 20.8 Å². The van der Waals surface area contributed by atoms with E-state index in [4.69, 9.17) is 4.74 Å². The van der Waals surface area contributed by atoms with E-state index in [1.165, 1.54) is 32.2 Å². The number of sulfonamides is 2. The van der Waals surface area contributed by atoms with Crippen LogP contribution in [0.15, 0.2) is 53.4 Å². The Kier molecular flexibility index (Phi) is 7.68. The molecular weight excluding hydrogens is 442 g/mol. The Morgan fingerprint density at radius 3 is 2.13 bits per heavy atom. The van der Waals surface area contributed by atoms with Gasteiger partial charge in [-0.15, -0.1) is 0 Å². The van der Waals surface area contributed by atoms with Crippen molar-refractivity contribution in [3.05, 3.63) is 48.5 Å². The van der Waals surface area contributed by atoms with Crippen molar-refractivity contribution < 1.29 is 26.4 Å². The standard InChI is InChI=1S/C20H27N3O6S2/c1-14(2)22-31(27,28)17-11-12-19(29-4)18(13-17)21-20(24)15(3)23(30(5,25)26)16-9-7-6-8-10-16/h6-15,22H,1-5H3,(H,21,24)/t15-/m1/s1. The summed E-state index contributed by atoms with van der Waals surface area (Å²) in [7, 11) is -6.21. The first kappa shape index (κ1) is 24.6. The number of hydrogen-bond donors (Lipinski definition) is 2. The highest BCUT2D eigenvalue weighted by atomic mass is 32.2. The maximum atomic E-state index is 12.9. The molecule has 9 nitrogen and oxygen atoms in total. The molecular formula is C20H27N3O6S2. The van der Waals surface area contributed by atoms with Gasteiger partial charge in [0.25, 0.3) is 0 Å². The Balaban J connectivity index is 2.40. The average Bonchev–Trinajstić information content (AvgIpc) is 2.66. The van der Waals surface area contributed by atoms with Crippen LogP contribution in [0.4, 0.5) is 11.4 Å². The minimum atomic E-state index is -3.81. The van der Waals surface area contributed by atoms with Crippen LogP contribution in [0.5, 0.6) is 5.75 Å². The number of para-hydroxylation sites is 1. The van der Waals surface area contributed by atoms with Crippen molar-refractivity contribution in [1.29, 1.82) is 0 Å². The zero-order chi connectivity index (χ0) is 23.4. The first-order valence-electron chi connectivity index (χ1n) is 9.42. The lowest BCUT2D eigenvalue weighted by Crippen LogP contribution is -2.45. The molecule has 2 N–H and O–H groups in total. The minimum absolute atomic E-state index is 0.0621. The van der Waals surface area contributed by atoms with E-state index in [0.29, 0.717) is 5.69 Å². The van der Waals surface area contributed by atoms with E-state index in [1.807, 2.05) is 0 Å². The van der Waals surface area contributed by atoms with Crippen LogP contribution < -0.4 is 19.1 Å². The number of hydrogen-bond acceptors (Lipinski definition) is 6. The minimum Gasteiger partial charge on any atom is -0.495 e. The van der Waals surface area contributed by atoms with Gasteiger partial charge in [0.05, 0.1) is 29.6 Å². The van der Waals surface area contributed by atoms with Gasteiger partial charge in [-0.25, -0.2) is 21.6 Å². The van der Waals surface area contributed by atoms with Crippen molar-refractivity contribution in [2.24, 2.45) is 0 Å². The lowest BCUT2D eigenvalue weighted by atomic mass is 10.2. The molecule has 1 atom stereocenters. The molecule has 1 amide bonds. The molecule has 0 aliphatic rings. The highest BCUT2D eigenvalue weighted by molar-refractivity contribution is 7.92. The van der Waals surface area contributed by atoms with E-state index >= 15 is 0 Å². The highest BCUT2D eigenvalue weighted by Crippen LogP contribution is 2.29. The molecule has 0 saturated heterocycles. The number of ether oxygens (including phenoxy) is 1. The van der Waals surface area contributed by atoms with Crippen molar-refractivity contribution in [1.82, 2.24) is 4.72 Å². The third kappa shape index (κ3) is 6.18. The van der Waals surface area contributed by atoms with E-state index in [-0.39, 0.29) is 22.4 Å². The van der Waals surface area contributed by atoms with E-state index in [1.54, 1.807) is 44.2 Å². The number of nitrogens with one attached hydrogen (secondary N) is 2. The summed E-state index contributed by atoms with van der Waals surface area (Å²) in [5, 5.41) is 2.59. The van der Waals surface area contributed by atoms with Crippen molar-refractivity contribution in [3.63, 3.8) is 0 Å². The molecule has 31 heavy (non-hydrogen) atoms. The first-order chi connectivity index (χ1) is 14.4. The van der Waals surface area contributed by atoms with Gasteiger partial charge in [0.2, 0.25) is 26.0 Å². The van der Waals surface area contributed by atoms with Gasteiger partial charge in [-0.3, -0.25) is 9.10 Å². The zero-order valence-corrected chi connectivity index (χ0v) is 19.6. The van der Waals surface area contributed by atoms with Crippen molar-refractivity contribution >= 4 is 37.3 Å². The number of amides is 1. The Morgan fingerprint density at radius 2 is 1.61 bits per heavy atom. The van der Waals surface area contributed by atoms with Crippen LogP contribution >= 0.6 is 0 Å². The van der Waals surface area contributed by atoms with E-state index in [2.05, 4.69) is 10.0 Å². The van der Waals surface area contributed by atoms with Crippen molar-refractivity contribution in [2.45, 2.75) is 37.8 Å². The van der Waals surface area contributed by atoms with Crippen LogP contribution in [0, 0.1) is 0 Å². The molecule has 0 spiro atoms. The van der Waals surface area contributed by atoms with Gasteiger partial charge in [-0.2, -0.15) is 0 Å². The Bertz CT molecular complexity index is 1130. The van der Waals surface area contributed by atoms with Crippen LogP contribution in [0.3, 0.4) is 0 Å². The fraction of sp³-hybridized carbons (Fsp3) is 0.350. The maximum Gasteiger partial charge on any atom is 0.248 e. The lowest BCUT2D eigenvalue weighted by Gasteiger charge is -2.28. The normalized spacial score (nSPS) is 13.0. The number of methoxy groups -OCH3 is 1. The number of benzene rings is 2. The molecule has 0 saturated carbocycles. The van der Waals surface area contributed by atoms with Gasteiger partial charge in [-0.05, 0) is 51.1 Å². The van der Waals surface area contributed by atoms with Gasteiger partial charge >= 0.3 is 0 Å². The second-order valence-corrected chi connectivity index (χ2v) is 10.8.